The second kappa shape index (κ2) is 9.05. The van der Waals surface area contributed by atoms with Gasteiger partial charge in [0.2, 0.25) is 17.6 Å². The number of methoxy groups -OCH3 is 2. The predicted octanol–water partition coefficient (Wildman–Crippen LogP) is 2.49. The normalized spacial score (nSPS) is 17.5. The summed E-state index contributed by atoms with van der Waals surface area (Å²) in [5, 5.41) is 7.09. The van der Waals surface area contributed by atoms with Crippen LogP contribution in [-0.4, -0.2) is 54.3 Å². The lowest BCUT2D eigenvalue weighted by Gasteiger charge is -2.31. The highest BCUT2D eigenvalue weighted by Gasteiger charge is 2.27. The van der Waals surface area contributed by atoms with Gasteiger partial charge in [0.05, 0.1) is 26.7 Å². The summed E-state index contributed by atoms with van der Waals surface area (Å²) in [4.78, 5) is 19.0. The molecule has 1 unspecified atom stereocenters. The minimum Gasteiger partial charge on any atom is -0.493 e. The van der Waals surface area contributed by atoms with Crippen molar-refractivity contribution in [2.75, 3.05) is 27.3 Å². The van der Waals surface area contributed by atoms with Crippen LogP contribution in [0.25, 0.3) is 11.4 Å². The minimum atomic E-state index is 0.00407. The molecule has 8 heteroatoms. The molecule has 1 N–H and O–H groups in total. The van der Waals surface area contributed by atoms with Gasteiger partial charge in [-0.3, -0.25) is 9.69 Å². The quantitative estimate of drug-likeness (QED) is 0.779. The molecule has 1 aromatic carbocycles. The number of hydrogen-bond donors (Lipinski definition) is 1. The van der Waals surface area contributed by atoms with E-state index in [1.165, 1.54) is 0 Å². The average molecular weight is 388 g/mol. The zero-order valence-electron chi connectivity index (χ0n) is 16.9. The lowest BCUT2D eigenvalue weighted by molar-refractivity contribution is -0.127. The van der Waals surface area contributed by atoms with Gasteiger partial charge in [0.1, 0.15) is 0 Å². The number of ether oxygens (including phenoxy) is 2. The first-order valence-electron chi connectivity index (χ1n) is 9.58. The third-order valence-electron chi connectivity index (χ3n) is 4.78. The lowest BCUT2D eigenvalue weighted by Crippen LogP contribution is -2.44. The van der Waals surface area contributed by atoms with Crippen LogP contribution in [0, 0.1) is 5.92 Å². The molecule has 0 spiro atoms. The fraction of sp³-hybridized carbons (Fsp3) is 0.550. The molecule has 152 valence electrons. The van der Waals surface area contributed by atoms with Gasteiger partial charge in [0.15, 0.2) is 11.5 Å². The van der Waals surface area contributed by atoms with Gasteiger partial charge in [-0.15, -0.1) is 0 Å². The molecule has 1 fully saturated rings. The molecule has 1 amide bonds. The summed E-state index contributed by atoms with van der Waals surface area (Å²) in [6.45, 7) is 6.11. The van der Waals surface area contributed by atoms with Crippen LogP contribution in [-0.2, 0) is 11.3 Å². The fourth-order valence-corrected chi connectivity index (χ4v) is 3.42. The van der Waals surface area contributed by atoms with Crippen LogP contribution in [0.2, 0.25) is 0 Å². The van der Waals surface area contributed by atoms with Crippen LogP contribution in [0.1, 0.15) is 32.6 Å². The molecule has 0 saturated carbocycles. The smallest absolute Gasteiger partial charge is 0.241 e. The largest absolute Gasteiger partial charge is 0.493 e. The fourth-order valence-electron chi connectivity index (χ4n) is 3.42. The second-order valence-electron chi connectivity index (χ2n) is 7.32. The van der Waals surface area contributed by atoms with Crippen molar-refractivity contribution in [1.29, 1.82) is 0 Å². The van der Waals surface area contributed by atoms with Gasteiger partial charge >= 0.3 is 0 Å². The Morgan fingerprint density at radius 3 is 2.82 bits per heavy atom. The molecule has 3 rings (SSSR count). The Morgan fingerprint density at radius 2 is 2.11 bits per heavy atom. The van der Waals surface area contributed by atoms with Crippen molar-refractivity contribution in [2.24, 2.45) is 5.92 Å². The molecule has 1 aromatic heterocycles. The highest BCUT2D eigenvalue weighted by atomic mass is 16.5. The third-order valence-corrected chi connectivity index (χ3v) is 4.78. The number of amides is 1. The molecule has 1 aliphatic rings. The van der Waals surface area contributed by atoms with Crippen molar-refractivity contribution in [3.63, 3.8) is 0 Å². The zero-order chi connectivity index (χ0) is 20.1. The van der Waals surface area contributed by atoms with Gasteiger partial charge in [-0.2, -0.15) is 4.98 Å². The molecule has 1 aliphatic heterocycles. The maximum absolute atomic E-state index is 12.3. The number of carbonyl (C=O) groups is 1. The first-order chi connectivity index (χ1) is 13.5. The summed E-state index contributed by atoms with van der Waals surface area (Å²) < 4.78 is 16.0. The van der Waals surface area contributed by atoms with Crippen LogP contribution in [0.3, 0.4) is 0 Å². The number of aromatic nitrogens is 2. The number of piperidine rings is 1. The summed E-state index contributed by atoms with van der Waals surface area (Å²) >= 11 is 0. The SMILES string of the molecule is COc1ccc(-c2noc(CN3CCCC(C(=O)NC(C)C)C3)n2)cc1OC. The molecule has 28 heavy (non-hydrogen) atoms. The Balaban J connectivity index is 1.65. The van der Waals surface area contributed by atoms with E-state index in [9.17, 15) is 4.79 Å². The first kappa shape index (κ1) is 20.1. The van der Waals surface area contributed by atoms with Crippen molar-refractivity contribution in [2.45, 2.75) is 39.3 Å². The molecule has 1 atom stereocenters. The van der Waals surface area contributed by atoms with Crippen LogP contribution < -0.4 is 14.8 Å². The van der Waals surface area contributed by atoms with Crippen LogP contribution in [0.5, 0.6) is 11.5 Å². The van der Waals surface area contributed by atoms with Crippen molar-refractivity contribution < 1.29 is 18.8 Å². The maximum Gasteiger partial charge on any atom is 0.241 e. The topological polar surface area (TPSA) is 89.7 Å². The maximum atomic E-state index is 12.3. The van der Waals surface area contributed by atoms with Gasteiger partial charge in [-0.05, 0) is 51.4 Å². The number of likely N-dealkylation sites (tertiary alicyclic amines) is 1. The standard InChI is InChI=1S/C20H28N4O4/c1-13(2)21-20(25)15-6-5-9-24(11-15)12-18-22-19(23-28-18)14-7-8-16(26-3)17(10-14)27-4/h7-8,10,13,15H,5-6,9,11-12H2,1-4H3,(H,21,25). The lowest BCUT2D eigenvalue weighted by atomic mass is 9.97. The van der Waals surface area contributed by atoms with Gasteiger partial charge in [-0.25, -0.2) is 0 Å². The molecule has 0 bridgehead atoms. The zero-order valence-corrected chi connectivity index (χ0v) is 16.9. The Labute approximate surface area is 165 Å². The summed E-state index contributed by atoms with van der Waals surface area (Å²) in [6, 6.07) is 5.65. The van der Waals surface area contributed by atoms with E-state index in [1.807, 2.05) is 32.0 Å². The van der Waals surface area contributed by atoms with Crippen molar-refractivity contribution in [1.82, 2.24) is 20.4 Å². The van der Waals surface area contributed by atoms with E-state index in [0.29, 0.717) is 36.3 Å². The first-order valence-corrected chi connectivity index (χ1v) is 9.58. The summed E-state index contributed by atoms with van der Waals surface area (Å²) in [6.07, 6.45) is 1.89. The molecule has 0 radical (unpaired) electrons. The minimum absolute atomic E-state index is 0.00407. The average Bonchev–Trinajstić information content (AvgIpc) is 3.15. The highest BCUT2D eigenvalue weighted by Crippen LogP contribution is 2.31. The number of benzene rings is 1. The van der Waals surface area contributed by atoms with Crippen LogP contribution in [0.15, 0.2) is 22.7 Å². The highest BCUT2D eigenvalue weighted by molar-refractivity contribution is 5.79. The van der Waals surface area contributed by atoms with E-state index in [1.54, 1.807) is 14.2 Å². The monoisotopic (exact) mass is 388 g/mol. The number of rotatable bonds is 7. The van der Waals surface area contributed by atoms with E-state index < -0.39 is 0 Å². The van der Waals surface area contributed by atoms with E-state index >= 15 is 0 Å². The number of nitrogens with one attached hydrogen (secondary N) is 1. The number of hydrogen-bond acceptors (Lipinski definition) is 7. The summed E-state index contributed by atoms with van der Waals surface area (Å²) in [5.41, 5.74) is 0.792. The van der Waals surface area contributed by atoms with E-state index in [4.69, 9.17) is 14.0 Å². The van der Waals surface area contributed by atoms with Gasteiger partial charge in [-0.1, -0.05) is 5.16 Å². The van der Waals surface area contributed by atoms with Crippen LogP contribution in [0.4, 0.5) is 0 Å². The Hall–Kier alpha value is -2.61. The van der Waals surface area contributed by atoms with Gasteiger partial charge < -0.3 is 19.3 Å². The number of carbonyl (C=O) groups excluding carboxylic acids is 1. The summed E-state index contributed by atoms with van der Waals surface area (Å²) in [5.74, 6) is 2.42. The molecule has 0 aliphatic carbocycles. The number of nitrogens with zero attached hydrogens (tertiary/aromatic N) is 3. The Kier molecular flexibility index (Phi) is 6.51. The molecule has 2 aromatic rings. The molecule has 8 nitrogen and oxygen atoms in total. The van der Waals surface area contributed by atoms with Gasteiger partial charge in [0, 0.05) is 18.2 Å². The Bertz CT molecular complexity index is 805. The van der Waals surface area contributed by atoms with Crippen molar-refractivity contribution in [3.8, 4) is 22.9 Å². The van der Waals surface area contributed by atoms with Crippen molar-refractivity contribution in [3.05, 3.63) is 24.1 Å². The molecular formula is C20H28N4O4. The summed E-state index contributed by atoms with van der Waals surface area (Å²) in [7, 11) is 3.18. The van der Waals surface area contributed by atoms with Crippen LogP contribution >= 0.6 is 0 Å². The Morgan fingerprint density at radius 1 is 1.32 bits per heavy atom. The van der Waals surface area contributed by atoms with E-state index in [0.717, 1.165) is 24.9 Å². The molecule has 2 heterocycles. The predicted molar refractivity (Wildman–Crippen MR) is 104 cm³/mol. The van der Waals surface area contributed by atoms with E-state index in [-0.39, 0.29) is 17.9 Å². The third kappa shape index (κ3) is 4.81. The molecule has 1 saturated heterocycles. The van der Waals surface area contributed by atoms with Gasteiger partial charge in [0.25, 0.3) is 0 Å². The second-order valence-corrected chi connectivity index (χ2v) is 7.32. The molecular weight excluding hydrogens is 360 g/mol. The van der Waals surface area contributed by atoms with E-state index in [2.05, 4.69) is 20.4 Å². The van der Waals surface area contributed by atoms with Crippen molar-refractivity contribution >= 4 is 5.91 Å².